The number of hydrogen-bond donors (Lipinski definition) is 0. The highest BCUT2D eigenvalue weighted by Gasteiger charge is 2.30. The number of likely N-dealkylation sites (tertiary alicyclic amines) is 1. The van der Waals surface area contributed by atoms with Crippen LogP contribution < -0.4 is 0 Å². The average Bonchev–Trinajstić information content (AvgIpc) is 3.04. The van der Waals surface area contributed by atoms with Crippen LogP contribution in [0.1, 0.15) is 65.2 Å². The van der Waals surface area contributed by atoms with Crippen LogP contribution in [0.15, 0.2) is 10.6 Å². The van der Waals surface area contributed by atoms with Gasteiger partial charge in [-0.05, 0) is 26.7 Å². The van der Waals surface area contributed by atoms with Crippen molar-refractivity contribution in [2.75, 3.05) is 26.7 Å². The minimum atomic E-state index is -0.230. The van der Waals surface area contributed by atoms with E-state index in [1.54, 1.807) is 4.90 Å². The SMILES string of the molecule is CCOC(=O)N(C)C1CCN([C@@H](C)c2ncc(C(C)(C)C)o2)CC1. The summed E-state index contributed by atoms with van der Waals surface area (Å²) < 4.78 is 11.1. The van der Waals surface area contributed by atoms with Crippen molar-refractivity contribution in [1.29, 1.82) is 0 Å². The largest absolute Gasteiger partial charge is 0.450 e. The number of amides is 1. The second-order valence-electron chi connectivity index (χ2n) is 7.57. The lowest BCUT2D eigenvalue weighted by molar-refractivity contribution is 0.0677. The molecule has 1 aromatic heterocycles. The minimum Gasteiger partial charge on any atom is -0.450 e. The van der Waals surface area contributed by atoms with E-state index >= 15 is 0 Å². The van der Waals surface area contributed by atoms with E-state index in [2.05, 4.69) is 37.6 Å². The summed E-state index contributed by atoms with van der Waals surface area (Å²) in [4.78, 5) is 20.4. The molecule has 1 aliphatic rings. The first kappa shape index (κ1) is 18.8. The first-order valence-electron chi connectivity index (χ1n) is 8.83. The van der Waals surface area contributed by atoms with Crippen molar-refractivity contribution in [3.63, 3.8) is 0 Å². The molecule has 2 rings (SSSR count). The van der Waals surface area contributed by atoms with Gasteiger partial charge in [-0.1, -0.05) is 20.8 Å². The standard InChI is InChI=1S/C18H31N3O3/c1-7-23-17(22)20(6)14-8-10-21(11-9-14)13(2)16-19-12-15(24-16)18(3,4)5/h12-14H,7-11H2,1-6H3/t13-/m0/s1. The third-order valence-corrected chi connectivity index (χ3v) is 4.77. The van der Waals surface area contributed by atoms with Crippen LogP contribution in [0.25, 0.3) is 0 Å². The number of rotatable bonds is 4. The molecule has 0 unspecified atom stereocenters. The Morgan fingerprint density at radius 1 is 1.46 bits per heavy atom. The monoisotopic (exact) mass is 337 g/mol. The Morgan fingerprint density at radius 3 is 2.58 bits per heavy atom. The van der Waals surface area contributed by atoms with Gasteiger partial charge in [-0.25, -0.2) is 9.78 Å². The maximum Gasteiger partial charge on any atom is 0.409 e. The molecule has 0 saturated carbocycles. The number of carbonyl (C=O) groups excluding carboxylic acids is 1. The smallest absolute Gasteiger partial charge is 0.409 e. The maximum absolute atomic E-state index is 11.8. The van der Waals surface area contributed by atoms with Crippen molar-refractivity contribution in [3.05, 3.63) is 17.8 Å². The van der Waals surface area contributed by atoms with E-state index in [4.69, 9.17) is 9.15 Å². The highest BCUT2D eigenvalue weighted by Crippen LogP contribution is 2.29. The van der Waals surface area contributed by atoms with Crippen molar-refractivity contribution in [3.8, 4) is 0 Å². The molecule has 0 bridgehead atoms. The Kier molecular flexibility index (Phi) is 5.91. The summed E-state index contributed by atoms with van der Waals surface area (Å²) in [5.41, 5.74) is -0.0275. The second kappa shape index (κ2) is 7.55. The molecule has 136 valence electrons. The van der Waals surface area contributed by atoms with Crippen molar-refractivity contribution in [1.82, 2.24) is 14.8 Å². The minimum absolute atomic E-state index is 0.0275. The fourth-order valence-electron chi connectivity index (χ4n) is 3.02. The molecule has 0 aromatic carbocycles. The molecule has 0 radical (unpaired) electrons. The van der Waals surface area contributed by atoms with Crippen LogP contribution in [0.3, 0.4) is 0 Å². The van der Waals surface area contributed by atoms with Crippen LogP contribution in [0.5, 0.6) is 0 Å². The van der Waals surface area contributed by atoms with Crippen LogP contribution >= 0.6 is 0 Å². The molecule has 24 heavy (non-hydrogen) atoms. The van der Waals surface area contributed by atoms with E-state index in [0.717, 1.165) is 37.6 Å². The normalized spacial score (nSPS) is 18.4. The van der Waals surface area contributed by atoms with Gasteiger partial charge in [0.05, 0.1) is 18.8 Å². The molecule has 0 N–H and O–H groups in total. The van der Waals surface area contributed by atoms with Crippen LogP contribution in [0.2, 0.25) is 0 Å². The molecular formula is C18H31N3O3. The zero-order chi connectivity index (χ0) is 17.9. The summed E-state index contributed by atoms with van der Waals surface area (Å²) in [5, 5.41) is 0. The number of hydrogen-bond acceptors (Lipinski definition) is 5. The molecule has 2 heterocycles. The highest BCUT2D eigenvalue weighted by molar-refractivity contribution is 5.67. The second-order valence-corrected chi connectivity index (χ2v) is 7.57. The van der Waals surface area contributed by atoms with Gasteiger partial charge in [0.15, 0.2) is 0 Å². The van der Waals surface area contributed by atoms with Gasteiger partial charge >= 0.3 is 6.09 Å². The quantitative estimate of drug-likeness (QED) is 0.840. The van der Waals surface area contributed by atoms with Crippen LogP contribution in [-0.4, -0.2) is 53.7 Å². The van der Waals surface area contributed by atoms with Gasteiger partial charge in [-0.3, -0.25) is 4.90 Å². The summed E-state index contributed by atoms with van der Waals surface area (Å²) in [6, 6.07) is 0.386. The van der Waals surface area contributed by atoms with Gasteiger partial charge in [0.2, 0.25) is 5.89 Å². The number of carbonyl (C=O) groups is 1. The Hall–Kier alpha value is -1.56. The summed E-state index contributed by atoms with van der Waals surface area (Å²) >= 11 is 0. The predicted octanol–water partition coefficient (Wildman–Crippen LogP) is 3.59. The van der Waals surface area contributed by atoms with Crippen molar-refractivity contribution in [2.45, 2.75) is 65.0 Å². The third-order valence-electron chi connectivity index (χ3n) is 4.77. The first-order chi connectivity index (χ1) is 11.2. The van der Waals surface area contributed by atoms with E-state index in [0.29, 0.717) is 6.61 Å². The van der Waals surface area contributed by atoms with Crippen molar-refractivity contribution >= 4 is 6.09 Å². The molecule has 6 nitrogen and oxygen atoms in total. The molecule has 6 heteroatoms. The lowest BCUT2D eigenvalue weighted by Crippen LogP contribution is -2.46. The Balaban J connectivity index is 1.92. The van der Waals surface area contributed by atoms with Crippen molar-refractivity contribution in [2.24, 2.45) is 0 Å². The van der Waals surface area contributed by atoms with E-state index < -0.39 is 0 Å². The Labute approximate surface area is 145 Å². The van der Waals surface area contributed by atoms with Gasteiger partial charge in [0.25, 0.3) is 0 Å². The predicted molar refractivity (Wildman–Crippen MR) is 93.0 cm³/mol. The maximum atomic E-state index is 11.8. The van der Waals surface area contributed by atoms with E-state index in [1.807, 2.05) is 20.2 Å². The molecular weight excluding hydrogens is 306 g/mol. The fraction of sp³-hybridized carbons (Fsp3) is 0.778. The summed E-state index contributed by atoms with van der Waals surface area (Å²) in [6.07, 6.45) is 3.48. The number of piperidine rings is 1. The fourth-order valence-corrected chi connectivity index (χ4v) is 3.02. The van der Waals surface area contributed by atoms with Gasteiger partial charge in [-0.15, -0.1) is 0 Å². The molecule has 1 saturated heterocycles. The zero-order valence-corrected chi connectivity index (χ0v) is 15.8. The van der Waals surface area contributed by atoms with E-state index in [1.165, 1.54) is 0 Å². The molecule has 0 spiro atoms. The van der Waals surface area contributed by atoms with Gasteiger partial charge in [0, 0.05) is 31.6 Å². The zero-order valence-electron chi connectivity index (χ0n) is 15.8. The molecule has 1 fully saturated rings. The van der Waals surface area contributed by atoms with Crippen LogP contribution in [0, 0.1) is 0 Å². The third kappa shape index (κ3) is 4.29. The Morgan fingerprint density at radius 2 is 2.08 bits per heavy atom. The molecule has 1 aliphatic heterocycles. The summed E-state index contributed by atoms with van der Waals surface area (Å²) in [7, 11) is 1.82. The lowest BCUT2D eigenvalue weighted by Gasteiger charge is -2.38. The number of nitrogens with zero attached hydrogens (tertiary/aromatic N) is 3. The first-order valence-corrected chi connectivity index (χ1v) is 8.83. The average molecular weight is 337 g/mol. The van der Waals surface area contributed by atoms with Crippen LogP contribution in [0.4, 0.5) is 4.79 Å². The number of oxazole rings is 1. The molecule has 1 atom stereocenters. The highest BCUT2D eigenvalue weighted by atomic mass is 16.6. The topological polar surface area (TPSA) is 58.8 Å². The van der Waals surface area contributed by atoms with Crippen LogP contribution in [-0.2, 0) is 10.2 Å². The van der Waals surface area contributed by atoms with Crippen molar-refractivity contribution < 1.29 is 13.9 Å². The molecule has 1 amide bonds. The lowest BCUT2D eigenvalue weighted by atomic mass is 9.94. The van der Waals surface area contributed by atoms with Gasteiger partial charge < -0.3 is 14.1 Å². The van der Waals surface area contributed by atoms with Gasteiger partial charge in [-0.2, -0.15) is 0 Å². The summed E-state index contributed by atoms with van der Waals surface area (Å²) in [5.74, 6) is 1.69. The van der Waals surface area contributed by atoms with E-state index in [9.17, 15) is 4.79 Å². The molecule has 0 aliphatic carbocycles. The van der Waals surface area contributed by atoms with E-state index in [-0.39, 0.29) is 23.6 Å². The Bertz CT molecular complexity index is 542. The molecule has 1 aromatic rings. The summed E-state index contributed by atoms with van der Waals surface area (Å²) in [6.45, 7) is 12.6. The number of ether oxygens (including phenoxy) is 1. The van der Waals surface area contributed by atoms with Gasteiger partial charge in [0.1, 0.15) is 5.76 Å². The number of aromatic nitrogens is 1.